The van der Waals surface area contributed by atoms with Crippen molar-refractivity contribution in [3.63, 3.8) is 0 Å². The molecule has 0 bridgehead atoms. The monoisotopic (exact) mass is 425 g/mol. The van der Waals surface area contributed by atoms with Gasteiger partial charge in [0.25, 0.3) is 0 Å². The Morgan fingerprint density at radius 3 is 2.77 bits per heavy atom. The van der Waals surface area contributed by atoms with E-state index in [0.29, 0.717) is 27.8 Å². The number of carbonyl (C=O) groups is 1. The fraction of sp³-hybridized carbons (Fsp3) is 0.182. The molecule has 8 heteroatoms. The Hall–Kier alpha value is -3.29. The molecule has 4 rings (SSSR count). The molecule has 0 radical (unpaired) electrons. The fourth-order valence-corrected chi connectivity index (χ4v) is 3.59. The lowest BCUT2D eigenvalue weighted by Crippen LogP contribution is -2.11. The van der Waals surface area contributed by atoms with E-state index >= 15 is 0 Å². The van der Waals surface area contributed by atoms with Gasteiger partial charge in [0.05, 0.1) is 41.5 Å². The summed E-state index contributed by atoms with van der Waals surface area (Å²) >= 11 is 6.11. The zero-order valence-corrected chi connectivity index (χ0v) is 17.2. The topological polar surface area (TPSA) is 99.5 Å². The lowest BCUT2D eigenvalue weighted by atomic mass is 10.0. The third-order valence-corrected chi connectivity index (χ3v) is 4.91. The first-order valence-corrected chi connectivity index (χ1v) is 9.72. The largest absolute Gasteiger partial charge is 0.461 e. The number of nitrogens with one attached hydrogen (secondary N) is 1. The molecule has 0 fully saturated rings. The van der Waals surface area contributed by atoms with E-state index in [4.69, 9.17) is 31.5 Å². The molecule has 2 aromatic carbocycles. The highest BCUT2D eigenvalue weighted by Crippen LogP contribution is 2.39. The summed E-state index contributed by atoms with van der Waals surface area (Å²) in [5.74, 6) is 0.502. The number of esters is 1. The van der Waals surface area contributed by atoms with E-state index in [9.17, 15) is 4.79 Å². The molecule has 3 N–H and O–H groups in total. The number of fused-ring (bicyclic) bond motifs is 3. The summed E-state index contributed by atoms with van der Waals surface area (Å²) in [5, 5.41) is 2.08. The van der Waals surface area contributed by atoms with Crippen molar-refractivity contribution < 1.29 is 19.0 Å². The molecule has 0 spiro atoms. The number of pyridine rings is 1. The maximum Gasteiger partial charge on any atom is 0.357 e. The van der Waals surface area contributed by atoms with Crippen molar-refractivity contribution in [2.24, 2.45) is 0 Å². The molecular formula is C22H20ClN3O4. The smallest absolute Gasteiger partial charge is 0.357 e. The first-order chi connectivity index (χ1) is 14.5. The van der Waals surface area contributed by atoms with Gasteiger partial charge in [-0.25, -0.2) is 9.78 Å². The van der Waals surface area contributed by atoms with Crippen molar-refractivity contribution in [3.05, 3.63) is 58.9 Å². The second-order valence-corrected chi connectivity index (χ2v) is 7.05. The number of aromatic nitrogens is 2. The summed E-state index contributed by atoms with van der Waals surface area (Å²) < 4.78 is 16.7. The van der Waals surface area contributed by atoms with Crippen molar-refractivity contribution in [2.45, 2.75) is 13.5 Å². The van der Waals surface area contributed by atoms with Crippen LogP contribution in [0.1, 0.15) is 23.0 Å². The molecule has 0 atom stereocenters. The zero-order valence-electron chi connectivity index (χ0n) is 16.5. The normalized spacial score (nSPS) is 11.2. The second kappa shape index (κ2) is 8.22. The van der Waals surface area contributed by atoms with Crippen molar-refractivity contribution in [3.8, 4) is 11.5 Å². The maximum atomic E-state index is 12.5. The van der Waals surface area contributed by atoms with E-state index < -0.39 is 5.97 Å². The molecule has 30 heavy (non-hydrogen) atoms. The van der Waals surface area contributed by atoms with Gasteiger partial charge >= 0.3 is 5.97 Å². The van der Waals surface area contributed by atoms with Gasteiger partial charge in [0.15, 0.2) is 11.4 Å². The lowest BCUT2D eigenvalue weighted by molar-refractivity contribution is 0.0514. The number of carbonyl (C=O) groups excluding carboxylic acids is 1. The van der Waals surface area contributed by atoms with Gasteiger partial charge in [-0.15, -0.1) is 0 Å². The van der Waals surface area contributed by atoms with Crippen LogP contribution in [-0.4, -0.2) is 29.7 Å². The summed E-state index contributed by atoms with van der Waals surface area (Å²) in [4.78, 5) is 20.1. The average molecular weight is 426 g/mol. The number of hydrogen-bond donors (Lipinski definition) is 2. The highest BCUT2D eigenvalue weighted by molar-refractivity contribution is 6.30. The number of methoxy groups -OCH3 is 1. The van der Waals surface area contributed by atoms with Gasteiger partial charge in [-0.1, -0.05) is 17.7 Å². The van der Waals surface area contributed by atoms with Crippen LogP contribution < -0.4 is 10.5 Å². The number of rotatable bonds is 6. The van der Waals surface area contributed by atoms with Crippen LogP contribution in [0.15, 0.2) is 42.6 Å². The van der Waals surface area contributed by atoms with Crippen LogP contribution in [0.3, 0.4) is 0 Å². The van der Waals surface area contributed by atoms with Gasteiger partial charge in [0.1, 0.15) is 5.75 Å². The third kappa shape index (κ3) is 3.53. The van der Waals surface area contributed by atoms with Gasteiger partial charge in [0.2, 0.25) is 0 Å². The Bertz CT molecular complexity index is 1250. The van der Waals surface area contributed by atoms with E-state index in [1.165, 1.54) is 0 Å². The minimum Gasteiger partial charge on any atom is -0.461 e. The molecule has 0 saturated carbocycles. The number of anilines is 1. The standard InChI is InChI=1S/C22H20ClN3O4/c1-3-29-22(27)21-13(11-28-2)19-16(10-25-21)26-15-5-4-6-17(20(15)19)30-18-9-12(23)7-8-14(18)24/h4-10,26H,3,11,24H2,1-2H3. The van der Waals surface area contributed by atoms with Crippen LogP contribution in [-0.2, 0) is 16.1 Å². The summed E-state index contributed by atoms with van der Waals surface area (Å²) in [6.07, 6.45) is 1.61. The minimum atomic E-state index is -0.502. The molecule has 154 valence electrons. The predicted octanol–water partition coefficient (Wildman–Crippen LogP) is 5.07. The maximum absolute atomic E-state index is 12.5. The highest BCUT2D eigenvalue weighted by atomic mass is 35.5. The Kier molecular flexibility index (Phi) is 5.48. The van der Waals surface area contributed by atoms with Gasteiger partial charge in [-0.3, -0.25) is 0 Å². The van der Waals surface area contributed by atoms with Gasteiger partial charge < -0.3 is 24.9 Å². The second-order valence-electron chi connectivity index (χ2n) is 6.62. The average Bonchev–Trinajstić information content (AvgIpc) is 3.11. The van der Waals surface area contributed by atoms with E-state index in [-0.39, 0.29) is 18.9 Å². The van der Waals surface area contributed by atoms with Gasteiger partial charge in [-0.05, 0) is 31.2 Å². The molecule has 0 unspecified atom stereocenters. The fourth-order valence-electron chi connectivity index (χ4n) is 3.43. The first kappa shape index (κ1) is 20.0. The number of nitrogens with two attached hydrogens (primary N) is 1. The highest BCUT2D eigenvalue weighted by Gasteiger charge is 2.22. The van der Waals surface area contributed by atoms with Gasteiger partial charge in [-0.2, -0.15) is 0 Å². The molecule has 7 nitrogen and oxygen atoms in total. The molecule has 2 heterocycles. The number of nitrogen functional groups attached to an aromatic ring is 1. The van der Waals surface area contributed by atoms with Gasteiger partial charge in [0, 0.05) is 29.1 Å². The minimum absolute atomic E-state index is 0.180. The molecule has 2 aromatic heterocycles. The van der Waals surface area contributed by atoms with Crippen LogP contribution in [0.2, 0.25) is 5.02 Å². The molecular weight excluding hydrogens is 406 g/mol. The van der Waals surface area contributed by atoms with Crippen LogP contribution >= 0.6 is 11.6 Å². The molecule has 0 aliphatic carbocycles. The number of aromatic amines is 1. The Balaban J connectivity index is 1.97. The number of benzene rings is 2. The Morgan fingerprint density at radius 2 is 2.00 bits per heavy atom. The molecule has 0 saturated heterocycles. The summed E-state index contributed by atoms with van der Waals surface area (Å²) in [6.45, 7) is 2.18. The number of ether oxygens (including phenoxy) is 3. The Morgan fingerprint density at radius 1 is 1.17 bits per heavy atom. The first-order valence-electron chi connectivity index (χ1n) is 9.34. The zero-order chi connectivity index (χ0) is 21.3. The number of H-pyrrole nitrogens is 1. The quantitative estimate of drug-likeness (QED) is 0.330. The molecule has 0 aliphatic rings. The lowest BCUT2D eigenvalue weighted by Gasteiger charge is -2.12. The summed E-state index contributed by atoms with van der Waals surface area (Å²) in [5.41, 5.74) is 8.93. The predicted molar refractivity (Wildman–Crippen MR) is 116 cm³/mol. The van der Waals surface area contributed by atoms with Crippen LogP contribution in [0, 0.1) is 0 Å². The summed E-state index contributed by atoms with van der Waals surface area (Å²) in [6, 6.07) is 10.7. The number of hydrogen-bond acceptors (Lipinski definition) is 6. The number of halogens is 1. The number of nitrogens with zero attached hydrogens (tertiary/aromatic N) is 1. The van der Waals surface area contributed by atoms with E-state index in [1.807, 2.05) is 18.2 Å². The summed E-state index contributed by atoms with van der Waals surface area (Å²) in [7, 11) is 1.56. The van der Waals surface area contributed by atoms with Crippen LogP contribution in [0.4, 0.5) is 5.69 Å². The SMILES string of the molecule is CCOC(=O)c1ncc2[nH]c3cccc(Oc4cc(Cl)ccc4N)c3c2c1COC. The van der Waals surface area contributed by atoms with E-state index in [1.54, 1.807) is 38.4 Å². The molecule has 0 amide bonds. The molecule has 4 aromatic rings. The van der Waals surface area contributed by atoms with Crippen molar-refractivity contribution in [1.29, 1.82) is 0 Å². The van der Waals surface area contributed by atoms with E-state index in [0.717, 1.165) is 21.8 Å². The van der Waals surface area contributed by atoms with Crippen molar-refractivity contribution in [2.75, 3.05) is 19.5 Å². The third-order valence-electron chi connectivity index (χ3n) is 4.68. The van der Waals surface area contributed by atoms with Crippen molar-refractivity contribution >= 4 is 45.1 Å². The van der Waals surface area contributed by atoms with Crippen molar-refractivity contribution in [1.82, 2.24) is 9.97 Å². The van der Waals surface area contributed by atoms with E-state index in [2.05, 4.69) is 9.97 Å². The van der Waals surface area contributed by atoms with Crippen LogP contribution in [0.25, 0.3) is 21.8 Å². The van der Waals surface area contributed by atoms with Crippen LogP contribution in [0.5, 0.6) is 11.5 Å². The Labute approximate surface area is 177 Å². The molecule has 0 aliphatic heterocycles.